The summed E-state index contributed by atoms with van der Waals surface area (Å²) in [6.45, 7) is 3.38. The predicted molar refractivity (Wildman–Crippen MR) is 74.2 cm³/mol. The Bertz CT molecular complexity index is 415. The van der Waals surface area contributed by atoms with E-state index in [9.17, 15) is 19.5 Å². The molecule has 1 fully saturated rings. The van der Waals surface area contributed by atoms with Crippen LogP contribution in [0.4, 0.5) is 0 Å². The molecule has 0 saturated carbocycles. The number of amides is 2. The van der Waals surface area contributed by atoms with Gasteiger partial charge in [-0.15, -0.1) is 0 Å². The number of nitrogens with zero attached hydrogens (tertiary/aromatic N) is 1. The van der Waals surface area contributed by atoms with E-state index in [0.717, 1.165) is 4.90 Å². The standard InChI is InChI=1S/C13H23N3O5/c1-3-7(2)11(15-10(18)5-14)12(19)16-6-8(17)4-9(16)13(20)21/h7-9,11,17H,3-6,14H2,1-2H3,(H,15,18)(H,20,21)/t7-,8+,9-,11-/m0/s1. The normalized spacial score (nSPS) is 24.5. The van der Waals surface area contributed by atoms with Crippen molar-refractivity contribution < 1.29 is 24.6 Å². The van der Waals surface area contributed by atoms with Gasteiger partial charge in [0.25, 0.3) is 0 Å². The van der Waals surface area contributed by atoms with Gasteiger partial charge in [0.1, 0.15) is 12.1 Å². The molecule has 2 amide bonds. The van der Waals surface area contributed by atoms with E-state index in [1.165, 1.54) is 0 Å². The van der Waals surface area contributed by atoms with E-state index < -0.39 is 36.0 Å². The van der Waals surface area contributed by atoms with Crippen LogP contribution in [-0.2, 0) is 14.4 Å². The molecule has 0 aromatic carbocycles. The lowest BCUT2D eigenvalue weighted by atomic mass is 9.97. The average Bonchev–Trinajstić information content (AvgIpc) is 2.85. The molecule has 120 valence electrons. The van der Waals surface area contributed by atoms with Gasteiger partial charge >= 0.3 is 5.97 Å². The number of aliphatic hydroxyl groups excluding tert-OH is 1. The summed E-state index contributed by atoms with van der Waals surface area (Å²) in [6, 6.07) is -1.90. The van der Waals surface area contributed by atoms with Crippen LogP contribution in [0, 0.1) is 5.92 Å². The van der Waals surface area contributed by atoms with E-state index in [-0.39, 0.29) is 25.4 Å². The molecular formula is C13H23N3O5. The van der Waals surface area contributed by atoms with E-state index in [2.05, 4.69) is 5.32 Å². The molecule has 4 atom stereocenters. The van der Waals surface area contributed by atoms with Crippen molar-refractivity contribution in [2.45, 2.75) is 44.9 Å². The number of likely N-dealkylation sites (tertiary alicyclic amines) is 1. The first kappa shape index (κ1) is 17.4. The van der Waals surface area contributed by atoms with Crippen molar-refractivity contribution in [3.8, 4) is 0 Å². The van der Waals surface area contributed by atoms with Gasteiger partial charge in [-0.3, -0.25) is 9.59 Å². The van der Waals surface area contributed by atoms with Crippen LogP contribution in [0.2, 0.25) is 0 Å². The Hall–Kier alpha value is -1.67. The number of carbonyl (C=O) groups is 3. The SMILES string of the molecule is CC[C@H](C)[C@H](NC(=O)CN)C(=O)N1C[C@H](O)C[C@H]1C(=O)O. The van der Waals surface area contributed by atoms with Crippen molar-refractivity contribution in [2.24, 2.45) is 11.7 Å². The Morgan fingerprint density at radius 2 is 2.05 bits per heavy atom. The molecule has 8 nitrogen and oxygen atoms in total. The molecule has 21 heavy (non-hydrogen) atoms. The minimum absolute atomic E-state index is 0.000859. The smallest absolute Gasteiger partial charge is 0.326 e. The number of aliphatic hydroxyl groups is 1. The predicted octanol–water partition coefficient (Wildman–Crippen LogP) is -1.48. The third kappa shape index (κ3) is 4.15. The van der Waals surface area contributed by atoms with Gasteiger partial charge in [0.05, 0.1) is 12.6 Å². The highest BCUT2D eigenvalue weighted by atomic mass is 16.4. The third-order valence-corrected chi connectivity index (χ3v) is 3.83. The third-order valence-electron chi connectivity index (χ3n) is 3.83. The lowest BCUT2D eigenvalue weighted by molar-refractivity contribution is -0.150. The van der Waals surface area contributed by atoms with Gasteiger partial charge in [-0.05, 0) is 5.92 Å². The summed E-state index contributed by atoms with van der Waals surface area (Å²) in [4.78, 5) is 36.3. The largest absolute Gasteiger partial charge is 0.480 e. The zero-order chi connectivity index (χ0) is 16.2. The number of rotatable bonds is 6. The number of aliphatic carboxylic acids is 1. The van der Waals surface area contributed by atoms with E-state index >= 15 is 0 Å². The number of hydrogen-bond acceptors (Lipinski definition) is 5. The topological polar surface area (TPSA) is 133 Å². The highest BCUT2D eigenvalue weighted by Crippen LogP contribution is 2.21. The summed E-state index contributed by atoms with van der Waals surface area (Å²) < 4.78 is 0. The molecule has 0 aliphatic carbocycles. The molecule has 5 N–H and O–H groups in total. The van der Waals surface area contributed by atoms with Crippen molar-refractivity contribution in [3.63, 3.8) is 0 Å². The van der Waals surface area contributed by atoms with Crippen LogP contribution in [0.25, 0.3) is 0 Å². The van der Waals surface area contributed by atoms with Gasteiger partial charge in [-0.1, -0.05) is 20.3 Å². The quantitative estimate of drug-likeness (QED) is 0.473. The minimum atomic E-state index is -1.16. The van der Waals surface area contributed by atoms with E-state index in [1.807, 2.05) is 6.92 Å². The maximum absolute atomic E-state index is 12.6. The van der Waals surface area contributed by atoms with Crippen molar-refractivity contribution in [1.29, 1.82) is 0 Å². The van der Waals surface area contributed by atoms with E-state index in [0.29, 0.717) is 6.42 Å². The zero-order valence-electron chi connectivity index (χ0n) is 12.3. The van der Waals surface area contributed by atoms with Gasteiger partial charge < -0.3 is 26.2 Å². The van der Waals surface area contributed by atoms with Crippen LogP contribution in [0.5, 0.6) is 0 Å². The first-order chi connectivity index (χ1) is 9.81. The van der Waals surface area contributed by atoms with Crippen LogP contribution >= 0.6 is 0 Å². The molecule has 0 radical (unpaired) electrons. The van der Waals surface area contributed by atoms with Crippen molar-refractivity contribution in [3.05, 3.63) is 0 Å². The lowest BCUT2D eigenvalue weighted by Gasteiger charge is -2.30. The lowest BCUT2D eigenvalue weighted by Crippen LogP contribution is -2.55. The number of β-amino-alcohol motifs (C(OH)–C–C–N with tert-alkyl or cyclic N) is 1. The molecule has 0 unspecified atom stereocenters. The Labute approximate surface area is 123 Å². The number of carbonyl (C=O) groups excluding carboxylic acids is 2. The summed E-state index contributed by atoms with van der Waals surface area (Å²) in [6.07, 6.45) is -0.230. The molecule has 1 saturated heterocycles. The average molecular weight is 301 g/mol. The van der Waals surface area contributed by atoms with Crippen LogP contribution in [0.1, 0.15) is 26.7 Å². The zero-order valence-corrected chi connectivity index (χ0v) is 12.3. The second kappa shape index (κ2) is 7.37. The number of carboxylic acid groups (broad SMARTS) is 1. The van der Waals surface area contributed by atoms with E-state index in [1.54, 1.807) is 6.92 Å². The monoisotopic (exact) mass is 301 g/mol. The maximum atomic E-state index is 12.6. The molecule has 0 aromatic rings. The Kier molecular flexibility index (Phi) is 6.10. The number of nitrogens with two attached hydrogens (primary N) is 1. The Morgan fingerprint density at radius 1 is 1.43 bits per heavy atom. The van der Waals surface area contributed by atoms with Gasteiger partial charge in [0, 0.05) is 13.0 Å². The second-order valence-corrected chi connectivity index (χ2v) is 5.37. The highest BCUT2D eigenvalue weighted by molar-refractivity contribution is 5.91. The molecule has 8 heteroatoms. The van der Waals surface area contributed by atoms with Crippen molar-refractivity contribution in [2.75, 3.05) is 13.1 Å². The van der Waals surface area contributed by atoms with Crippen LogP contribution in [-0.4, -0.2) is 64.2 Å². The summed E-state index contributed by atoms with van der Waals surface area (Å²) in [5.41, 5.74) is 5.24. The van der Waals surface area contributed by atoms with Crippen LogP contribution in [0.15, 0.2) is 0 Å². The molecule has 0 spiro atoms. The molecule has 1 aliphatic rings. The number of nitrogens with one attached hydrogen (secondary N) is 1. The van der Waals surface area contributed by atoms with Gasteiger partial charge in [0.15, 0.2) is 0 Å². The maximum Gasteiger partial charge on any atom is 0.326 e. The first-order valence-electron chi connectivity index (χ1n) is 7.02. The first-order valence-corrected chi connectivity index (χ1v) is 7.02. The molecule has 0 bridgehead atoms. The fraction of sp³-hybridized carbons (Fsp3) is 0.769. The summed E-state index contributed by atoms with van der Waals surface area (Å²) in [7, 11) is 0. The summed E-state index contributed by atoms with van der Waals surface area (Å²) in [5.74, 6) is -2.29. The van der Waals surface area contributed by atoms with Gasteiger partial charge in [-0.2, -0.15) is 0 Å². The molecular weight excluding hydrogens is 278 g/mol. The number of carboxylic acids is 1. The molecule has 1 heterocycles. The number of hydrogen-bond donors (Lipinski definition) is 4. The highest BCUT2D eigenvalue weighted by Gasteiger charge is 2.42. The Balaban J connectivity index is 2.93. The fourth-order valence-electron chi connectivity index (χ4n) is 2.39. The van der Waals surface area contributed by atoms with Crippen LogP contribution < -0.4 is 11.1 Å². The van der Waals surface area contributed by atoms with Crippen LogP contribution in [0.3, 0.4) is 0 Å². The van der Waals surface area contributed by atoms with E-state index in [4.69, 9.17) is 10.8 Å². The molecule has 1 aliphatic heterocycles. The van der Waals surface area contributed by atoms with Gasteiger partial charge in [-0.25, -0.2) is 4.79 Å². The summed E-state index contributed by atoms with van der Waals surface area (Å²) in [5, 5.41) is 21.3. The summed E-state index contributed by atoms with van der Waals surface area (Å²) >= 11 is 0. The van der Waals surface area contributed by atoms with Gasteiger partial charge in [0.2, 0.25) is 11.8 Å². The van der Waals surface area contributed by atoms with Crippen molar-refractivity contribution >= 4 is 17.8 Å². The second-order valence-electron chi connectivity index (χ2n) is 5.37. The fourth-order valence-corrected chi connectivity index (χ4v) is 2.39. The molecule has 1 rings (SSSR count). The molecule has 0 aromatic heterocycles. The minimum Gasteiger partial charge on any atom is -0.480 e. The van der Waals surface area contributed by atoms with Crippen molar-refractivity contribution in [1.82, 2.24) is 10.2 Å². The Morgan fingerprint density at radius 3 is 2.52 bits per heavy atom.